The molecule has 35 heavy (non-hydrogen) atoms. The van der Waals surface area contributed by atoms with Crippen molar-refractivity contribution in [3.8, 4) is 0 Å². The van der Waals surface area contributed by atoms with Crippen LogP contribution in [0.1, 0.15) is 22.6 Å². The van der Waals surface area contributed by atoms with E-state index in [9.17, 15) is 19.7 Å². The highest BCUT2D eigenvalue weighted by Crippen LogP contribution is 2.25. The Balaban J connectivity index is 1.61. The van der Waals surface area contributed by atoms with Crippen molar-refractivity contribution < 1.29 is 14.5 Å². The van der Waals surface area contributed by atoms with Crippen molar-refractivity contribution in [2.24, 2.45) is 0 Å². The highest BCUT2D eigenvalue weighted by atomic mass is 32.1. The van der Waals surface area contributed by atoms with Gasteiger partial charge in [-0.2, -0.15) is 0 Å². The van der Waals surface area contributed by atoms with Gasteiger partial charge in [-0.15, -0.1) is 11.3 Å². The molecular weight excluding hydrogens is 464 g/mol. The first-order chi connectivity index (χ1) is 17.0. The summed E-state index contributed by atoms with van der Waals surface area (Å²) in [6.07, 6.45) is 1.72. The number of carbonyl (C=O) groups is 2. The number of nitrogens with one attached hydrogen (secondary N) is 2. The van der Waals surface area contributed by atoms with Crippen LogP contribution in [0.2, 0.25) is 0 Å². The topological polar surface area (TPSA) is 114 Å². The minimum atomic E-state index is -0.928. The Kier molecular flexibility index (Phi) is 7.59. The van der Waals surface area contributed by atoms with Crippen molar-refractivity contribution in [2.45, 2.75) is 18.4 Å². The van der Waals surface area contributed by atoms with Crippen LogP contribution in [-0.2, 0) is 16.0 Å². The molecule has 0 aliphatic heterocycles. The van der Waals surface area contributed by atoms with Gasteiger partial charge in [0.05, 0.1) is 10.8 Å². The molecule has 0 aliphatic rings. The highest BCUT2D eigenvalue weighted by Gasteiger charge is 2.28. The van der Waals surface area contributed by atoms with E-state index in [1.807, 2.05) is 60.7 Å². The van der Waals surface area contributed by atoms with Crippen LogP contribution in [0.4, 0.5) is 10.8 Å². The quantitative estimate of drug-likeness (QED) is 0.266. The Morgan fingerprint density at radius 2 is 1.49 bits per heavy atom. The first-order valence-electron chi connectivity index (χ1n) is 10.8. The molecule has 1 atom stereocenters. The predicted molar refractivity (Wildman–Crippen MR) is 134 cm³/mol. The first kappa shape index (κ1) is 23.8. The minimum absolute atomic E-state index is 0.0465. The molecular formula is C26H22N4O4S. The summed E-state index contributed by atoms with van der Waals surface area (Å²) in [4.78, 5) is 41.3. The van der Waals surface area contributed by atoms with E-state index in [0.29, 0.717) is 10.7 Å². The maximum absolute atomic E-state index is 13.6. The molecule has 0 spiro atoms. The van der Waals surface area contributed by atoms with Crippen LogP contribution in [-0.4, -0.2) is 27.8 Å². The Bertz CT molecular complexity index is 1240. The summed E-state index contributed by atoms with van der Waals surface area (Å²) in [5.74, 6) is -1.38. The molecule has 8 nitrogen and oxygen atoms in total. The van der Waals surface area contributed by atoms with Crippen molar-refractivity contribution in [3.05, 3.63) is 123 Å². The third kappa shape index (κ3) is 6.15. The van der Waals surface area contributed by atoms with E-state index < -0.39 is 22.8 Å². The lowest BCUT2D eigenvalue weighted by Crippen LogP contribution is -2.47. The number of hydrogen-bond donors (Lipinski definition) is 2. The number of rotatable bonds is 9. The summed E-state index contributed by atoms with van der Waals surface area (Å²) >= 11 is 1.27. The predicted octanol–water partition coefficient (Wildman–Crippen LogP) is 4.55. The lowest BCUT2D eigenvalue weighted by molar-refractivity contribution is -0.384. The fourth-order valence-corrected chi connectivity index (χ4v) is 4.25. The second-order valence-corrected chi connectivity index (χ2v) is 8.66. The van der Waals surface area contributed by atoms with E-state index >= 15 is 0 Å². The summed E-state index contributed by atoms with van der Waals surface area (Å²) in [6.45, 7) is 0. The molecule has 0 saturated heterocycles. The van der Waals surface area contributed by atoms with Crippen LogP contribution in [0.3, 0.4) is 0 Å². The fourth-order valence-electron chi connectivity index (χ4n) is 3.72. The van der Waals surface area contributed by atoms with E-state index in [0.717, 1.165) is 11.1 Å². The number of benzene rings is 3. The smallest absolute Gasteiger partial charge is 0.269 e. The third-order valence-corrected chi connectivity index (χ3v) is 6.10. The van der Waals surface area contributed by atoms with Crippen molar-refractivity contribution in [2.75, 3.05) is 5.32 Å². The Morgan fingerprint density at radius 1 is 0.886 bits per heavy atom. The minimum Gasteiger partial charge on any atom is -0.343 e. The molecule has 4 rings (SSSR count). The number of amides is 2. The number of nitrogens with zero attached hydrogens (tertiary/aromatic N) is 2. The van der Waals surface area contributed by atoms with Gasteiger partial charge in [0.2, 0.25) is 11.8 Å². The average molecular weight is 487 g/mol. The van der Waals surface area contributed by atoms with Gasteiger partial charge in [0.15, 0.2) is 5.13 Å². The molecule has 0 radical (unpaired) electrons. The normalized spacial score (nSPS) is 11.6. The Morgan fingerprint density at radius 3 is 2.00 bits per heavy atom. The van der Waals surface area contributed by atoms with E-state index in [-0.39, 0.29) is 18.0 Å². The fraction of sp³-hybridized carbons (Fsp3) is 0.115. The molecule has 9 heteroatoms. The van der Waals surface area contributed by atoms with Crippen LogP contribution in [0.15, 0.2) is 96.5 Å². The molecule has 0 saturated carbocycles. The van der Waals surface area contributed by atoms with E-state index in [1.54, 1.807) is 23.7 Å². The van der Waals surface area contributed by atoms with Crippen LogP contribution in [0.25, 0.3) is 0 Å². The Labute approximate surface area is 205 Å². The van der Waals surface area contributed by atoms with Gasteiger partial charge in [0.25, 0.3) is 5.69 Å². The maximum atomic E-state index is 13.6. The molecule has 1 heterocycles. The maximum Gasteiger partial charge on any atom is 0.269 e. The SMILES string of the molecule is O=C(N[C@H](Cc1ccc([N+](=O)[O-])cc1)C(=O)Nc1nccs1)C(c1ccccc1)c1ccccc1. The third-order valence-electron chi connectivity index (χ3n) is 5.41. The molecule has 4 aromatic rings. The molecule has 2 amide bonds. The molecule has 3 aromatic carbocycles. The van der Waals surface area contributed by atoms with Crippen LogP contribution in [0.5, 0.6) is 0 Å². The van der Waals surface area contributed by atoms with Gasteiger partial charge in [-0.1, -0.05) is 72.8 Å². The lowest BCUT2D eigenvalue weighted by atomic mass is 9.90. The number of hydrogen-bond acceptors (Lipinski definition) is 6. The molecule has 1 aromatic heterocycles. The van der Waals surface area contributed by atoms with Gasteiger partial charge < -0.3 is 10.6 Å². The number of thiazole rings is 1. The monoisotopic (exact) mass is 486 g/mol. The zero-order valence-corrected chi connectivity index (χ0v) is 19.4. The first-order valence-corrected chi connectivity index (χ1v) is 11.7. The molecule has 0 aliphatic carbocycles. The summed E-state index contributed by atoms with van der Waals surface area (Å²) in [6, 6.07) is 23.7. The highest BCUT2D eigenvalue weighted by molar-refractivity contribution is 7.13. The standard InChI is InChI=1S/C26H22N4O4S/c31-24(29-26-27-15-16-35-26)22(17-18-11-13-21(14-12-18)30(33)34)28-25(32)23(19-7-3-1-4-8-19)20-9-5-2-6-10-20/h1-16,22-23H,17H2,(H,28,32)(H,27,29,31)/t22-/m1/s1. The van der Waals surface area contributed by atoms with Crippen LogP contribution in [0, 0.1) is 10.1 Å². The zero-order chi connectivity index (χ0) is 24.6. The molecule has 2 N–H and O–H groups in total. The number of non-ortho nitro benzene ring substituents is 1. The van der Waals surface area contributed by atoms with Gasteiger partial charge in [-0.05, 0) is 16.7 Å². The zero-order valence-electron chi connectivity index (χ0n) is 18.5. The van der Waals surface area contributed by atoms with Gasteiger partial charge in [0, 0.05) is 30.1 Å². The van der Waals surface area contributed by atoms with E-state index in [2.05, 4.69) is 15.6 Å². The van der Waals surface area contributed by atoms with E-state index in [1.165, 1.54) is 23.5 Å². The summed E-state index contributed by atoms with van der Waals surface area (Å²) in [7, 11) is 0. The second-order valence-electron chi connectivity index (χ2n) is 7.77. The van der Waals surface area contributed by atoms with Crippen molar-refractivity contribution >= 4 is 34.0 Å². The Hall–Kier alpha value is -4.37. The van der Waals surface area contributed by atoms with Gasteiger partial charge in [0.1, 0.15) is 6.04 Å². The second kappa shape index (κ2) is 11.2. The van der Waals surface area contributed by atoms with Gasteiger partial charge in [-0.3, -0.25) is 19.7 Å². The number of nitro benzene ring substituents is 1. The number of carbonyl (C=O) groups excluding carboxylic acids is 2. The lowest BCUT2D eigenvalue weighted by Gasteiger charge is -2.23. The summed E-state index contributed by atoms with van der Waals surface area (Å²) in [5, 5.41) is 18.8. The number of aromatic nitrogens is 1. The number of anilines is 1. The molecule has 176 valence electrons. The van der Waals surface area contributed by atoms with Crippen molar-refractivity contribution in [1.29, 1.82) is 0 Å². The van der Waals surface area contributed by atoms with Gasteiger partial charge in [-0.25, -0.2) is 4.98 Å². The summed E-state index contributed by atoms with van der Waals surface area (Å²) < 4.78 is 0. The van der Waals surface area contributed by atoms with Gasteiger partial charge >= 0.3 is 0 Å². The average Bonchev–Trinajstić information content (AvgIpc) is 3.38. The van der Waals surface area contributed by atoms with Crippen LogP contribution >= 0.6 is 11.3 Å². The summed E-state index contributed by atoms with van der Waals surface area (Å²) in [5.41, 5.74) is 2.22. The van der Waals surface area contributed by atoms with E-state index in [4.69, 9.17) is 0 Å². The largest absolute Gasteiger partial charge is 0.343 e. The molecule has 0 unspecified atom stereocenters. The molecule has 0 fully saturated rings. The molecule has 0 bridgehead atoms. The van der Waals surface area contributed by atoms with Crippen molar-refractivity contribution in [3.63, 3.8) is 0 Å². The number of nitro groups is 1. The van der Waals surface area contributed by atoms with Crippen molar-refractivity contribution in [1.82, 2.24) is 10.3 Å². The van der Waals surface area contributed by atoms with Crippen LogP contribution < -0.4 is 10.6 Å².